The first-order valence-corrected chi connectivity index (χ1v) is 8.97. The fourth-order valence-electron chi connectivity index (χ4n) is 2.45. The third-order valence-corrected chi connectivity index (χ3v) is 5.59. The number of hydrogen-bond acceptors (Lipinski definition) is 4. The zero-order valence-electron chi connectivity index (χ0n) is 12.1. The van der Waals surface area contributed by atoms with Gasteiger partial charge in [-0.25, -0.2) is 13.2 Å². The molecular weight excluding hydrogens is 306 g/mol. The van der Waals surface area contributed by atoms with E-state index in [4.69, 9.17) is 5.11 Å². The van der Waals surface area contributed by atoms with Crippen LogP contribution in [0.25, 0.3) is 0 Å². The Bertz CT molecular complexity index is 651. The standard InChI is InChI=1S/C15H19NO5S/c17-14(16-9-12-7-8-22(20,21)10-12)6-3-11-1-4-13(5-2-11)15(18)19/h1-2,4-5,12H,3,6-10H2,(H,16,17)(H,18,19). The normalized spacial score (nSPS) is 19.7. The maximum absolute atomic E-state index is 11.8. The zero-order valence-corrected chi connectivity index (χ0v) is 12.9. The highest BCUT2D eigenvalue weighted by molar-refractivity contribution is 7.91. The summed E-state index contributed by atoms with van der Waals surface area (Å²) >= 11 is 0. The molecule has 1 atom stereocenters. The summed E-state index contributed by atoms with van der Waals surface area (Å²) in [6.45, 7) is 0.399. The van der Waals surface area contributed by atoms with Gasteiger partial charge in [0.25, 0.3) is 0 Å². The summed E-state index contributed by atoms with van der Waals surface area (Å²) in [5.74, 6) is -0.709. The van der Waals surface area contributed by atoms with Crippen LogP contribution in [-0.2, 0) is 21.1 Å². The highest BCUT2D eigenvalue weighted by Crippen LogP contribution is 2.17. The van der Waals surface area contributed by atoms with Crippen LogP contribution < -0.4 is 5.32 Å². The third-order valence-electron chi connectivity index (χ3n) is 3.76. The van der Waals surface area contributed by atoms with E-state index in [1.165, 1.54) is 12.1 Å². The number of amides is 1. The molecule has 0 bridgehead atoms. The lowest BCUT2D eigenvalue weighted by molar-refractivity contribution is -0.121. The summed E-state index contributed by atoms with van der Waals surface area (Å²) in [5, 5.41) is 11.6. The fraction of sp³-hybridized carbons (Fsp3) is 0.467. The minimum atomic E-state index is -2.91. The number of carboxylic acids is 1. The number of sulfone groups is 1. The molecule has 1 heterocycles. The molecule has 1 aliphatic heterocycles. The van der Waals surface area contributed by atoms with Crippen molar-refractivity contribution < 1.29 is 23.1 Å². The van der Waals surface area contributed by atoms with Gasteiger partial charge in [-0.15, -0.1) is 0 Å². The quantitative estimate of drug-likeness (QED) is 0.808. The average molecular weight is 325 g/mol. The number of carbonyl (C=O) groups is 2. The third kappa shape index (κ3) is 4.84. The molecule has 1 amide bonds. The van der Waals surface area contributed by atoms with Gasteiger partial charge in [0.2, 0.25) is 5.91 Å². The predicted molar refractivity (Wildman–Crippen MR) is 81.5 cm³/mol. The molecule has 1 aromatic carbocycles. The molecule has 0 saturated carbocycles. The summed E-state index contributed by atoms with van der Waals surface area (Å²) in [6.07, 6.45) is 1.43. The van der Waals surface area contributed by atoms with Crippen molar-refractivity contribution in [2.75, 3.05) is 18.1 Å². The molecule has 0 aliphatic carbocycles. The number of aromatic carboxylic acids is 1. The van der Waals surface area contributed by atoms with Gasteiger partial charge in [0.05, 0.1) is 17.1 Å². The first kappa shape index (κ1) is 16.5. The monoisotopic (exact) mass is 325 g/mol. The lowest BCUT2D eigenvalue weighted by Crippen LogP contribution is -2.29. The van der Waals surface area contributed by atoms with E-state index in [1.54, 1.807) is 12.1 Å². The topological polar surface area (TPSA) is 101 Å². The minimum absolute atomic E-state index is 0.0174. The van der Waals surface area contributed by atoms with Gasteiger partial charge in [0, 0.05) is 13.0 Å². The van der Waals surface area contributed by atoms with Crippen LogP contribution in [0.3, 0.4) is 0 Å². The lowest BCUT2D eigenvalue weighted by atomic mass is 10.1. The Hall–Kier alpha value is -1.89. The second-order valence-corrected chi connectivity index (χ2v) is 7.80. The highest BCUT2D eigenvalue weighted by atomic mass is 32.2. The molecule has 22 heavy (non-hydrogen) atoms. The van der Waals surface area contributed by atoms with Crippen LogP contribution in [0.5, 0.6) is 0 Å². The molecule has 1 aromatic rings. The number of carboxylic acid groups (broad SMARTS) is 1. The van der Waals surface area contributed by atoms with Crippen LogP contribution in [0.15, 0.2) is 24.3 Å². The number of rotatable bonds is 6. The van der Waals surface area contributed by atoms with E-state index < -0.39 is 15.8 Å². The Balaban J connectivity index is 1.72. The van der Waals surface area contributed by atoms with Gasteiger partial charge in [0.1, 0.15) is 0 Å². The van der Waals surface area contributed by atoms with E-state index in [9.17, 15) is 18.0 Å². The molecule has 0 radical (unpaired) electrons. The van der Waals surface area contributed by atoms with Gasteiger partial charge >= 0.3 is 5.97 Å². The largest absolute Gasteiger partial charge is 0.478 e. The number of nitrogens with one attached hydrogen (secondary N) is 1. The summed E-state index contributed by atoms with van der Waals surface area (Å²) in [4.78, 5) is 22.5. The van der Waals surface area contributed by atoms with Gasteiger partial charge in [0.15, 0.2) is 9.84 Å². The first-order chi connectivity index (χ1) is 10.4. The molecule has 0 spiro atoms. The summed E-state index contributed by atoms with van der Waals surface area (Å²) < 4.78 is 22.6. The van der Waals surface area contributed by atoms with Gasteiger partial charge in [-0.1, -0.05) is 12.1 Å². The Morgan fingerprint density at radius 3 is 2.45 bits per heavy atom. The zero-order chi connectivity index (χ0) is 16.2. The second kappa shape index (κ2) is 6.91. The van der Waals surface area contributed by atoms with Crippen LogP contribution in [0.4, 0.5) is 0 Å². The van der Waals surface area contributed by atoms with Crippen molar-refractivity contribution >= 4 is 21.7 Å². The molecule has 2 rings (SSSR count). The van der Waals surface area contributed by atoms with Crippen LogP contribution in [0.2, 0.25) is 0 Å². The van der Waals surface area contributed by atoms with E-state index in [-0.39, 0.29) is 28.9 Å². The molecule has 6 nitrogen and oxygen atoms in total. The van der Waals surface area contributed by atoms with Crippen molar-refractivity contribution in [2.24, 2.45) is 5.92 Å². The number of benzene rings is 1. The molecular formula is C15H19NO5S. The van der Waals surface area contributed by atoms with E-state index in [1.807, 2.05) is 0 Å². The number of carbonyl (C=O) groups excluding carboxylic acids is 1. The average Bonchev–Trinajstić information content (AvgIpc) is 2.82. The van der Waals surface area contributed by atoms with Gasteiger partial charge in [-0.2, -0.15) is 0 Å². The van der Waals surface area contributed by atoms with E-state index in [0.717, 1.165) is 5.56 Å². The van der Waals surface area contributed by atoms with Crippen LogP contribution in [-0.4, -0.2) is 43.5 Å². The van der Waals surface area contributed by atoms with Crippen molar-refractivity contribution in [1.82, 2.24) is 5.32 Å². The fourth-order valence-corrected chi connectivity index (χ4v) is 4.31. The molecule has 1 aliphatic rings. The summed E-state index contributed by atoms with van der Waals surface area (Å²) in [6, 6.07) is 6.42. The van der Waals surface area contributed by atoms with Gasteiger partial charge in [-0.3, -0.25) is 4.79 Å². The van der Waals surface area contributed by atoms with E-state index in [2.05, 4.69) is 5.32 Å². The lowest BCUT2D eigenvalue weighted by Gasteiger charge is -2.09. The SMILES string of the molecule is O=C(CCc1ccc(C(=O)O)cc1)NCC1CCS(=O)(=O)C1. The number of hydrogen-bond donors (Lipinski definition) is 2. The van der Waals surface area contributed by atoms with Crippen molar-refractivity contribution in [1.29, 1.82) is 0 Å². The van der Waals surface area contributed by atoms with E-state index >= 15 is 0 Å². The van der Waals surface area contributed by atoms with Crippen molar-refractivity contribution in [3.05, 3.63) is 35.4 Å². The molecule has 2 N–H and O–H groups in total. The first-order valence-electron chi connectivity index (χ1n) is 7.15. The highest BCUT2D eigenvalue weighted by Gasteiger charge is 2.27. The van der Waals surface area contributed by atoms with Gasteiger partial charge < -0.3 is 10.4 Å². The van der Waals surface area contributed by atoms with Crippen molar-refractivity contribution in [3.8, 4) is 0 Å². The van der Waals surface area contributed by atoms with Crippen molar-refractivity contribution in [2.45, 2.75) is 19.3 Å². The Kier molecular flexibility index (Phi) is 5.18. The number of aryl methyl sites for hydroxylation is 1. The van der Waals surface area contributed by atoms with E-state index in [0.29, 0.717) is 25.8 Å². The molecule has 0 aromatic heterocycles. The Morgan fingerprint density at radius 1 is 1.23 bits per heavy atom. The molecule has 120 valence electrons. The van der Waals surface area contributed by atoms with Crippen LogP contribution in [0, 0.1) is 5.92 Å². The van der Waals surface area contributed by atoms with Crippen LogP contribution >= 0.6 is 0 Å². The van der Waals surface area contributed by atoms with Gasteiger partial charge in [-0.05, 0) is 36.5 Å². The van der Waals surface area contributed by atoms with Crippen molar-refractivity contribution in [3.63, 3.8) is 0 Å². The molecule has 7 heteroatoms. The minimum Gasteiger partial charge on any atom is -0.478 e. The molecule has 1 saturated heterocycles. The smallest absolute Gasteiger partial charge is 0.335 e. The predicted octanol–water partition coefficient (Wildman–Crippen LogP) is 0.868. The Labute approximate surface area is 129 Å². The maximum Gasteiger partial charge on any atom is 0.335 e. The summed E-state index contributed by atoms with van der Waals surface area (Å²) in [7, 11) is -2.91. The molecule has 1 unspecified atom stereocenters. The second-order valence-electron chi connectivity index (χ2n) is 5.58. The van der Waals surface area contributed by atoms with Crippen LogP contribution in [0.1, 0.15) is 28.8 Å². The Morgan fingerprint density at radius 2 is 1.91 bits per heavy atom. The maximum atomic E-state index is 11.8. The summed E-state index contributed by atoms with van der Waals surface area (Å²) in [5.41, 5.74) is 1.11. The molecule has 1 fully saturated rings.